The molecular weight excluding hydrogens is 382 g/mol. The number of aromatic nitrogens is 2. The second kappa shape index (κ2) is 9.73. The van der Waals surface area contributed by atoms with Crippen LogP contribution < -0.4 is 5.32 Å². The minimum atomic E-state index is 0.000715. The molecule has 1 saturated heterocycles. The molecule has 2 aliphatic rings. The Hall–Kier alpha value is -2.22. The number of rotatable bonds is 6. The van der Waals surface area contributed by atoms with Crippen LogP contribution in [-0.2, 0) is 16.1 Å². The number of aryl methyl sites for hydroxylation is 2. The van der Waals surface area contributed by atoms with Gasteiger partial charge in [0.05, 0.1) is 11.3 Å². The largest absolute Gasteiger partial charge is 0.353 e. The van der Waals surface area contributed by atoms with Crippen LogP contribution in [0.1, 0.15) is 60.8 Å². The number of hydrogen-bond donors (Lipinski definition) is 1. The lowest BCUT2D eigenvalue weighted by molar-refractivity contribution is -0.138. The minimum absolute atomic E-state index is 0.000715. The molecule has 0 unspecified atom stereocenters. The third-order valence-electron chi connectivity index (χ3n) is 6.54. The van der Waals surface area contributed by atoms with E-state index in [2.05, 4.69) is 22.4 Å². The van der Waals surface area contributed by atoms with E-state index in [1.807, 2.05) is 18.7 Å². The van der Waals surface area contributed by atoms with Crippen molar-refractivity contribution in [3.8, 4) is 0 Å². The Morgan fingerprint density at radius 1 is 1.03 bits per heavy atom. The van der Waals surface area contributed by atoms with E-state index >= 15 is 0 Å². The summed E-state index contributed by atoms with van der Waals surface area (Å²) in [6.45, 7) is 9.23. The lowest BCUT2D eigenvalue weighted by Gasteiger charge is -2.36. The molecule has 0 aromatic carbocycles. The molecule has 2 heterocycles. The highest BCUT2D eigenvalue weighted by molar-refractivity contribution is 5.96. The van der Waals surface area contributed by atoms with Crippen LogP contribution in [0, 0.1) is 19.8 Å². The first-order valence-corrected chi connectivity index (χ1v) is 11.1. The summed E-state index contributed by atoms with van der Waals surface area (Å²) in [6.07, 6.45) is 3.72. The van der Waals surface area contributed by atoms with Crippen LogP contribution >= 0.6 is 0 Å². The van der Waals surface area contributed by atoms with Gasteiger partial charge in [0.15, 0.2) is 5.78 Å². The van der Waals surface area contributed by atoms with Crippen molar-refractivity contribution in [2.75, 3.05) is 33.2 Å². The predicted molar refractivity (Wildman–Crippen MR) is 114 cm³/mol. The molecule has 1 aliphatic carbocycles. The zero-order valence-corrected chi connectivity index (χ0v) is 18.7. The molecule has 0 bridgehead atoms. The summed E-state index contributed by atoms with van der Waals surface area (Å²) in [6, 6.07) is 0.141. The Morgan fingerprint density at radius 3 is 2.23 bits per heavy atom. The van der Waals surface area contributed by atoms with E-state index in [0.717, 1.165) is 57.6 Å². The van der Waals surface area contributed by atoms with Crippen LogP contribution in [0.5, 0.6) is 0 Å². The molecule has 8 nitrogen and oxygen atoms in total. The first-order chi connectivity index (χ1) is 14.3. The van der Waals surface area contributed by atoms with Gasteiger partial charge in [0.2, 0.25) is 11.8 Å². The molecule has 1 N–H and O–H groups in total. The Labute approximate surface area is 179 Å². The molecule has 8 heteroatoms. The van der Waals surface area contributed by atoms with E-state index in [1.165, 1.54) is 0 Å². The highest BCUT2D eigenvalue weighted by Gasteiger charge is 2.31. The van der Waals surface area contributed by atoms with Crippen molar-refractivity contribution in [3.05, 3.63) is 17.0 Å². The number of carbonyl (C=O) groups is 3. The molecule has 0 spiro atoms. The molecule has 3 rings (SSSR count). The van der Waals surface area contributed by atoms with Gasteiger partial charge in [-0.2, -0.15) is 5.10 Å². The minimum Gasteiger partial charge on any atom is -0.353 e. The number of Topliss-reactive ketones (excluding diaryl/α,β-unsaturated/α-hetero) is 1. The van der Waals surface area contributed by atoms with Crippen LogP contribution in [0.25, 0.3) is 0 Å². The highest BCUT2D eigenvalue weighted by Crippen LogP contribution is 2.26. The quantitative estimate of drug-likeness (QED) is 0.710. The van der Waals surface area contributed by atoms with Crippen LogP contribution in [0.4, 0.5) is 0 Å². The van der Waals surface area contributed by atoms with Gasteiger partial charge in [0, 0.05) is 56.8 Å². The van der Waals surface area contributed by atoms with Gasteiger partial charge in [-0.15, -0.1) is 0 Å². The summed E-state index contributed by atoms with van der Waals surface area (Å²) >= 11 is 0. The number of nitrogens with one attached hydrogen (secondary N) is 1. The molecule has 30 heavy (non-hydrogen) atoms. The van der Waals surface area contributed by atoms with E-state index in [1.54, 1.807) is 11.6 Å². The average molecular weight is 418 g/mol. The van der Waals surface area contributed by atoms with Crippen LogP contribution in [0.3, 0.4) is 0 Å². The van der Waals surface area contributed by atoms with Gasteiger partial charge in [-0.1, -0.05) is 0 Å². The topological polar surface area (TPSA) is 87.5 Å². The van der Waals surface area contributed by atoms with Gasteiger partial charge >= 0.3 is 0 Å². The highest BCUT2D eigenvalue weighted by atomic mass is 16.2. The van der Waals surface area contributed by atoms with Gasteiger partial charge in [-0.05, 0) is 53.5 Å². The number of amides is 2. The fraction of sp³-hybridized carbons (Fsp3) is 0.727. The maximum absolute atomic E-state index is 12.7. The molecule has 0 radical (unpaired) electrons. The fourth-order valence-corrected chi connectivity index (χ4v) is 4.70. The lowest BCUT2D eigenvalue weighted by atomic mass is 9.85. The van der Waals surface area contributed by atoms with Crippen molar-refractivity contribution >= 4 is 17.6 Å². The SMILES string of the molecule is CC(=O)c1c(C)nn(CCC(=O)NC2CCC(C(=O)N3CCN(C)CC3)CC2)c1C. The number of nitrogens with zero attached hydrogens (tertiary/aromatic N) is 4. The number of likely N-dealkylation sites (N-methyl/N-ethyl adjacent to an activating group) is 1. The van der Waals surface area contributed by atoms with Gasteiger partial charge in [-0.25, -0.2) is 0 Å². The van der Waals surface area contributed by atoms with Gasteiger partial charge < -0.3 is 15.1 Å². The molecule has 2 amide bonds. The number of carbonyl (C=O) groups excluding carboxylic acids is 3. The molecule has 166 valence electrons. The average Bonchev–Trinajstić information content (AvgIpc) is 3.00. The number of ketones is 1. The molecule has 2 fully saturated rings. The van der Waals surface area contributed by atoms with Crippen LogP contribution in [0.2, 0.25) is 0 Å². The van der Waals surface area contributed by atoms with Gasteiger partial charge in [-0.3, -0.25) is 19.1 Å². The van der Waals surface area contributed by atoms with E-state index in [4.69, 9.17) is 0 Å². The first kappa shape index (κ1) is 22.5. The maximum Gasteiger partial charge on any atom is 0.225 e. The monoisotopic (exact) mass is 417 g/mol. The molecule has 1 saturated carbocycles. The van der Waals surface area contributed by atoms with Crippen molar-refractivity contribution in [1.29, 1.82) is 0 Å². The zero-order chi connectivity index (χ0) is 21.8. The Balaban J connectivity index is 1.42. The molecule has 1 aliphatic heterocycles. The van der Waals surface area contributed by atoms with E-state index in [9.17, 15) is 14.4 Å². The summed E-state index contributed by atoms with van der Waals surface area (Å²) in [4.78, 5) is 41.1. The van der Waals surface area contributed by atoms with E-state index in [0.29, 0.717) is 30.1 Å². The van der Waals surface area contributed by atoms with Crippen LogP contribution in [-0.4, -0.2) is 76.4 Å². The van der Waals surface area contributed by atoms with Crippen molar-refractivity contribution in [2.45, 2.75) is 65.5 Å². The second-order valence-corrected chi connectivity index (χ2v) is 8.82. The fourth-order valence-electron chi connectivity index (χ4n) is 4.70. The standard InChI is InChI=1S/C22H35N5O3/c1-15-21(17(3)28)16(2)27(24-15)10-9-20(29)23-19-7-5-18(6-8-19)22(30)26-13-11-25(4)12-14-26/h18-19H,5-14H2,1-4H3,(H,23,29). The van der Waals surface area contributed by atoms with E-state index < -0.39 is 0 Å². The van der Waals surface area contributed by atoms with Gasteiger partial charge in [0.25, 0.3) is 0 Å². The van der Waals surface area contributed by atoms with Crippen molar-refractivity contribution in [1.82, 2.24) is 24.9 Å². The summed E-state index contributed by atoms with van der Waals surface area (Å²) in [7, 11) is 2.09. The smallest absolute Gasteiger partial charge is 0.225 e. The first-order valence-electron chi connectivity index (χ1n) is 11.1. The lowest BCUT2D eigenvalue weighted by Crippen LogP contribution is -2.50. The maximum atomic E-state index is 12.7. The summed E-state index contributed by atoms with van der Waals surface area (Å²) in [5, 5.41) is 7.52. The zero-order valence-electron chi connectivity index (χ0n) is 18.7. The normalized spacial score (nSPS) is 22.7. The molecule has 0 atom stereocenters. The Morgan fingerprint density at radius 2 is 1.67 bits per heavy atom. The Bertz CT molecular complexity index is 787. The van der Waals surface area contributed by atoms with Crippen molar-refractivity contribution in [3.63, 3.8) is 0 Å². The second-order valence-electron chi connectivity index (χ2n) is 8.82. The van der Waals surface area contributed by atoms with Gasteiger partial charge in [0.1, 0.15) is 0 Å². The third kappa shape index (κ3) is 5.28. The molecular formula is C22H35N5O3. The van der Waals surface area contributed by atoms with Crippen molar-refractivity contribution in [2.24, 2.45) is 5.92 Å². The molecule has 1 aromatic heterocycles. The molecule has 1 aromatic rings. The van der Waals surface area contributed by atoms with E-state index in [-0.39, 0.29) is 23.7 Å². The van der Waals surface area contributed by atoms with Crippen LogP contribution in [0.15, 0.2) is 0 Å². The third-order valence-corrected chi connectivity index (χ3v) is 6.54. The summed E-state index contributed by atoms with van der Waals surface area (Å²) in [5.74, 6) is 0.393. The predicted octanol–water partition coefficient (Wildman–Crippen LogP) is 1.54. The number of piperazine rings is 1. The Kier molecular flexibility index (Phi) is 7.28. The van der Waals surface area contributed by atoms with Crippen molar-refractivity contribution < 1.29 is 14.4 Å². The summed E-state index contributed by atoms with van der Waals surface area (Å²) < 4.78 is 1.75. The number of hydrogen-bond acceptors (Lipinski definition) is 5. The summed E-state index contributed by atoms with van der Waals surface area (Å²) in [5.41, 5.74) is 2.18.